The number of ether oxygens (including phenoxy) is 1. The summed E-state index contributed by atoms with van der Waals surface area (Å²) in [5.74, 6) is 0.260. The third-order valence-corrected chi connectivity index (χ3v) is 7.91. The topological polar surface area (TPSA) is 88.4 Å². The maximum atomic E-state index is 11.3. The molecule has 1 fully saturated rings. The van der Waals surface area contributed by atoms with Crippen molar-refractivity contribution >= 4 is 55.3 Å². The first kappa shape index (κ1) is 19.0. The van der Waals surface area contributed by atoms with E-state index in [0.717, 1.165) is 70.4 Å². The van der Waals surface area contributed by atoms with Crippen LogP contribution in [0.4, 0.5) is 5.82 Å². The third-order valence-electron chi connectivity index (χ3n) is 5.61. The summed E-state index contributed by atoms with van der Waals surface area (Å²) < 4.78 is 6.48. The van der Waals surface area contributed by atoms with Gasteiger partial charge in [0.05, 0.1) is 23.4 Å². The Kier molecular flexibility index (Phi) is 5.05. The highest BCUT2D eigenvalue weighted by atomic mass is 32.2. The molecule has 1 aliphatic heterocycles. The van der Waals surface area contributed by atoms with Crippen LogP contribution >= 0.6 is 23.1 Å². The fourth-order valence-corrected chi connectivity index (χ4v) is 6.21. The molecule has 3 aromatic rings. The average Bonchev–Trinajstić information content (AvgIpc) is 3.13. The number of fused-ring (bicyclic) bond motifs is 5. The van der Waals surface area contributed by atoms with Gasteiger partial charge in [-0.3, -0.25) is 4.79 Å². The molecule has 1 atom stereocenters. The van der Waals surface area contributed by atoms with Crippen molar-refractivity contribution in [3.05, 3.63) is 17.5 Å². The van der Waals surface area contributed by atoms with E-state index in [1.807, 2.05) is 0 Å². The number of carbonyl (C=O) groups is 1. The van der Waals surface area contributed by atoms with Crippen molar-refractivity contribution in [1.82, 2.24) is 15.0 Å². The number of nitrogens with zero attached hydrogens (tertiary/aromatic N) is 4. The van der Waals surface area contributed by atoms with E-state index < -0.39 is 11.2 Å². The SMILES string of the molecule is C[C@H](Sc1ncnc2c1sc1nc(N3CCOCC3)c3c(c12)CCCC3)C(=O)O. The van der Waals surface area contributed by atoms with Crippen molar-refractivity contribution in [3.63, 3.8) is 0 Å². The van der Waals surface area contributed by atoms with Crippen LogP contribution in [0.3, 0.4) is 0 Å². The Bertz CT molecular complexity index is 1090. The van der Waals surface area contributed by atoms with Gasteiger partial charge in [-0.1, -0.05) is 11.8 Å². The molecule has 7 nitrogen and oxygen atoms in total. The number of anilines is 1. The van der Waals surface area contributed by atoms with E-state index in [-0.39, 0.29) is 0 Å². The van der Waals surface area contributed by atoms with Crippen LogP contribution in [0.25, 0.3) is 20.4 Å². The predicted octanol–water partition coefficient (Wildman–Crippen LogP) is 3.52. The second-order valence-corrected chi connectivity index (χ2v) is 9.76. The molecule has 29 heavy (non-hydrogen) atoms. The Morgan fingerprint density at radius 2 is 2.00 bits per heavy atom. The minimum Gasteiger partial charge on any atom is -0.480 e. The highest BCUT2D eigenvalue weighted by Gasteiger charge is 2.27. The van der Waals surface area contributed by atoms with Crippen molar-refractivity contribution in [2.24, 2.45) is 0 Å². The molecule has 5 rings (SSSR count). The molecule has 9 heteroatoms. The van der Waals surface area contributed by atoms with Crippen LogP contribution in [0.5, 0.6) is 0 Å². The summed E-state index contributed by atoms with van der Waals surface area (Å²) in [5.41, 5.74) is 3.64. The molecule has 3 aromatic heterocycles. The zero-order valence-corrected chi connectivity index (χ0v) is 17.8. The van der Waals surface area contributed by atoms with Gasteiger partial charge in [0, 0.05) is 18.5 Å². The number of carboxylic acids is 1. The summed E-state index contributed by atoms with van der Waals surface area (Å²) in [6.07, 6.45) is 6.00. The lowest BCUT2D eigenvalue weighted by atomic mass is 9.90. The molecule has 4 heterocycles. The van der Waals surface area contributed by atoms with E-state index in [2.05, 4.69) is 14.9 Å². The van der Waals surface area contributed by atoms with Gasteiger partial charge in [-0.05, 0) is 43.7 Å². The zero-order chi connectivity index (χ0) is 20.0. The molecule has 0 radical (unpaired) electrons. The standard InChI is InChI=1S/C20H22N4O3S2/c1-11(20(25)26)28-19-16-15(21-10-22-19)14-12-4-2-3-5-13(12)17(23-18(14)29-16)24-6-8-27-9-7-24/h10-11H,2-9H2,1H3,(H,25,26)/t11-/m0/s1. The third kappa shape index (κ3) is 3.35. The van der Waals surface area contributed by atoms with E-state index in [0.29, 0.717) is 0 Å². The van der Waals surface area contributed by atoms with Crippen LogP contribution < -0.4 is 4.90 Å². The molecular formula is C20H22N4O3S2. The van der Waals surface area contributed by atoms with E-state index in [9.17, 15) is 9.90 Å². The number of hydrogen-bond acceptors (Lipinski definition) is 8. The number of thiophene rings is 1. The summed E-state index contributed by atoms with van der Waals surface area (Å²) in [4.78, 5) is 28.8. The first-order chi connectivity index (χ1) is 14.1. The van der Waals surface area contributed by atoms with Crippen LogP contribution in [0, 0.1) is 0 Å². The van der Waals surface area contributed by atoms with E-state index >= 15 is 0 Å². The number of rotatable bonds is 4. The summed E-state index contributed by atoms with van der Waals surface area (Å²) in [6, 6.07) is 0. The van der Waals surface area contributed by atoms with Crippen LogP contribution in [-0.2, 0) is 22.4 Å². The second-order valence-electron chi connectivity index (χ2n) is 7.44. The quantitative estimate of drug-likeness (QED) is 0.497. The molecular weight excluding hydrogens is 408 g/mol. The molecule has 0 saturated carbocycles. The number of thioether (sulfide) groups is 1. The minimum atomic E-state index is -0.840. The molecule has 0 bridgehead atoms. The number of hydrogen-bond donors (Lipinski definition) is 1. The van der Waals surface area contributed by atoms with Gasteiger partial charge in [-0.15, -0.1) is 11.3 Å². The number of aliphatic carboxylic acids is 1. The average molecular weight is 431 g/mol. The van der Waals surface area contributed by atoms with Gasteiger partial charge < -0.3 is 14.7 Å². The number of morpholine rings is 1. The van der Waals surface area contributed by atoms with E-state index in [4.69, 9.17) is 9.72 Å². The molecule has 2 aliphatic rings. The van der Waals surface area contributed by atoms with Crippen LogP contribution in [0.2, 0.25) is 0 Å². The maximum Gasteiger partial charge on any atom is 0.316 e. The van der Waals surface area contributed by atoms with Crippen LogP contribution in [-0.4, -0.2) is 57.6 Å². The first-order valence-corrected chi connectivity index (χ1v) is 11.6. The summed E-state index contributed by atoms with van der Waals surface area (Å²) in [7, 11) is 0. The lowest BCUT2D eigenvalue weighted by Gasteiger charge is -2.31. The fourth-order valence-electron chi connectivity index (χ4n) is 4.16. The monoisotopic (exact) mass is 430 g/mol. The highest BCUT2D eigenvalue weighted by Crippen LogP contribution is 2.43. The first-order valence-electron chi connectivity index (χ1n) is 9.94. The summed E-state index contributed by atoms with van der Waals surface area (Å²) in [5, 5.41) is 10.6. The predicted molar refractivity (Wildman–Crippen MR) is 115 cm³/mol. The number of pyridine rings is 1. The fraction of sp³-hybridized carbons (Fsp3) is 0.500. The van der Waals surface area contributed by atoms with Gasteiger partial charge in [0.25, 0.3) is 0 Å². The number of aromatic nitrogens is 3. The molecule has 0 amide bonds. The molecule has 0 spiro atoms. The summed E-state index contributed by atoms with van der Waals surface area (Å²) in [6.45, 7) is 4.89. The van der Waals surface area contributed by atoms with Gasteiger partial charge >= 0.3 is 5.97 Å². The van der Waals surface area contributed by atoms with Crippen LogP contribution in [0.1, 0.15) is 30.9 Å². The van der Waals surface area contributed by atoms with Gasteiger partial charge in [0.15, 0.2) is 0 Å². The number of aryl methyl sites for hydroxylation is 1. The Morgan fingerprint density at radius 1 is 1.24 bits per heavy atom. The molecule has 1 saturated heterocycles. The molecule has 0 aromatic carbocycles. The van der Waals surface area contributed by atoms with E-state index in [1.54, 1.807) is 24.6 Å². The molecule has 152 valence electrons. The Morgan fingerprint density at radius 3 is 2.76 bits per heavy atom. The van der Waals surface area contributed by atoms with Crippen molar-refractivity contribution < 1.29 is 14.6 Å². The van der Waals surface area contributed by atoms with Crippen molar-refractivity contribution in [3.8, 4) is 0 Å². The second kappa shape index (κ2) is 7.70. The normalized spacial score (nSPS) is 18.2. The number of carboxylic acid groups (broad SMARTS) is 1. The maximum absolute atomic E-state index is 11.3. The Hall–Kier alpha value is -1.97. The zero-order valence-electron chi connectivity index (χ0n) is 16.2. The molecule has 1 N–H and O–H groups in total. The lowest BCUT2D eigenvalue weighted by molar-refractivity contribution is -0.136. The Labute approximate surface area is 176 Å². The minimum absolute atomic E-state index is 0.566. The smallest absolute Gasteiger partial charge is 0.316 e. The van der Waals surface area contributed by atoms with Crippen LogP contribution in [0.15, 0.2) is 11.4 Å². The molecule has 0 unspecified atom stereocenters. The van der Waals surface area contributed by atoms with Crippen molar-refractivity contribution in [2.75, 3.05) is 31.2 Å². The van der Waals surface area contributed by atoms with Gasteiger partial charge in [-0.2, -0.15) is 0 Å². The van der Waals surface area contributed by atoms with E-state index in [1.165, 1.54) is 35.7 Å². The van der Waals surface area contributed by atoms with Crippen molar-refractivity contribution in [2.45, 2.75) is 42.9 Å². The van der Waals surface area contributed by atoms with Crippen molar-refractivity contribution in [1.29, 1.82) is 0 Å². The lowest BCUT2D eigenvalue weighted by Crippen LogP contribution is -2.37. The largest absolute Gasteiger partial charge is 0.480 e. The highest BCUT2D eigenvalue weighted by molar-refractivity contribution is 8.00. The van der Waals surface area contributed by atoms with Gasteiger partial charge in [-0.25, -0.2) is 15.0 Å². The van der Waals surface area contributed by atoms with Gasteiger partial charge in [0.1, 0.15) is 27.3 Å². The summed E-state index contributed by atoms with van der Waals surface area (Å²) >= 11 is 2.86. The van der Waals surface area contributed by atoms with Gasteiger partial charge in [0.2, 0.25) is 0 Å². The molecule has 1 aliphatic carbocycles. The Balaban J connectivity index is 1.71.